The summed E-state index contributed by atoms with van der Waals surface area (Å²) in [4.78, 5) is 31.1. The van der Waals surface area contributed by atoms with Gasteiger partial charge in [-0.05, 0) is 124 Å². The molecule has 0 aliphatic heterocycles. The van der Waals surface area contributed by atoms with Crippen molar-refractivity contribution in [1.29, 1.82) is 0 Å². The highest BCUT2D eigenvalue weighted by Crippen LogP contribution is 2.53. The lowest BCUT2D eigenvalue weighted by Crippen LogP contribution is -2.03. The van der Waals surface area contributed by atoms with Crippen molar-refractivity contribution >= 4 is 225 Å². The third-order valence-corrected chi connectivity index (χ3v) is 32.2. The smallest absolute Gasteiger partial charge is 0.235 e. The molecule has 0 radical (unpaired) electrons. The monoisotopic (exact) mass is 1870 g/mol. The number of aromatic nitrogens is 10. The van der Waals surface area contributed by atoms with Gasteiger partial charge < -0.3 is 13.7 Å². The molecule has 31 aromatic rings. The molecule has 0 aliphatic carbocycles. The second-order valence-electron chi connectivity index (χ2n) is 36.5. The van der Waals surface area contributed by atoms with Crippen molar-refractivity contribution in [2.75, 3.05) is 0 Å². The van der Waals surface area contributed by atoms with Crippen LogP contribution in [0.2, 0.25) is 0 Å². The Morgan fingerprint density at radius 3 is 1.16 bits per heavy atom. The quantitative estimate of drug-likeness (QED) is 0.135. The van der Waals surface area contributed by atoms with Gasteiger partial charge in [0.25, 0.3) is 0 Å². The van der Waals surface area contributed by atoms with Gasteiger partial charge in [0.15, 0.2) is 11.6 Å². The maximum atomic E-state index is 5.41. The van der Waals surface area contributed by atoms with Crippen LogP contribution in [0.15, 0.2) is 473 Å². The van der Waals surface area contributed by atoms with E-state index in [1.54, 1.807) is 0 Å². The molecular formula is C130H78N10S3. The zero-order valence-corrected chi connectivity index (χ0v) is 79.2. The van der Waals surface area contributed by atoms with Crippen LogP contribution in [0, 0.1) is 0 Å². The fourth-order valence-corrected chi connectivity index (χ4v) is 26.1. The van der Waals surface area contributed by atoms with Gasteiger partial charge in [0.05, 0.1) is 90.5 Å². The summed E-state index contributed by atoms with van der Waals surface area (Å²) in [6.45, 7) is 0. The molecule has 10 nitrogen and oxygen atoms in total. The number of rotatable bonds is 10. The first-order valence-corrected chi connectivity index (χ1v) is 50.6. The third-order valence-electron chi connectivity index (χ3n) is 28.6. The van der Waals surface area contributed by atoms with Gasteiger partial charge in [0, 0.05) is 153 Å². The molecule has 31 rings (SSSR count). The van der Waals surface area contributed by atoms with Gasteiger partial charge in [-0.25, -0.2) is 29.9 Å². The van der Waals surface area contributed by atoms with Crippen LogP contribution in [0.3, 0.4) is 0 Å². The molecule has 0 saturated heterocycles. The van der Waals surface area contributed by atoms with Crippen LogP contribution in [-0.2, 0) is 0 Å². The topological polar surface area (TPSA) is 97.1 Å². The number of hydrogen-bond acceptors (Lipinski definition) is 9. The van der Waals surface area contributed by atoms with Crippen LogP contribution in [0.25, 0.3) is 282 Å². The van der Waals surface area contributed by atoms with Crippen molar-refractivity contribution in [1.82, 2.24) is 48.2 Å². The van der Waals surface area contributed by atoms with Gasteiger partial charge in [-0.1, -0.05) is 370 Å². The maximum Gasteiger partial charge on any atom is 0.235 e. The average Bonchev–Trinajstić information content (AvgIpc) is 1.52. The molecule has 0 unspecified atom stereocenters. The Bertz CT molecular complexity index is 10600. The molecule has 0 saturated carbocycles. The molecular weight excluding hydrogens is 1800 g/mol. The maximum absolute atomic E-state index is 5.41. The molecule has 10 heterocycles. The van der Waals surface area contributed by atoms with E-state index in [1.807, 2.05) is 82.8 Å². The van der Waals surface area contributed by atoms with E-state index in [0.29, 0.717) is 11.8 Å². The predicted molar refractivity (Wildman–Crippen MR) is 605 cm³/mol. The molecule has 666 valence electrons. The van der Waals surface area contributed by atoms with E-state index in [2.05, 4.69) is 443 Å². The van der Waals surface area contributed by atoms with Crippen molar-refractivity contribution < 1.29 is 0 Å². The molecule has 0 fully saturated rings. The fraction of sp³-hybridized carbons (Fsp3) is 0. The first kappa shape index (κ1) is 81.9. The number of benzene rings is 21. The highest BCUT2D eigenvalue weighted by Gasteiger charge is 2.30. The Balaban J connectivity index is 0.000000104. The van der Waals surface area contributed by atoms with Crippen molar-refractivity contribution in [3.63, 3.8) is 0 Å². The Kier molecular flexibility index (Phi) is 19.1. The van der Waals surface area contributed by atoms with Crippen molar-refractivity contribution in [2.45, 2.75) is 0 Å². The van der Waals surface area contributed by atoms with Gasteiger partial charge in [0.1, 0.15) is 0 Å². The summed E-state index contributed by atoms with van der Waals surface area (Å²) in [5.74, 6) is 2.11. The Morgan fingerprint density at radius 2 is 0.587 bits per heavy atom. The van der Waals surface area contributed by atoms with Crippen LogP contribution in [0.1, 0.15) is 0 Å². The minimum atomic E-state index is 0.684. The summed E-state index contributed by atoms with van der Waals surface area (Å²) >= 11 is 5.64. The molecule has 0 atom stereocenters. The fourth-order valence-electron chi connectivity index (χ4n) is 22.3. The number of thiophene rings is 3. The molecule has 21 aromatic carbocycles. The normalized spacial score (nSPS) is 11.9. The number of para-hydroxylation sites is 5. The van der Waals surface area contributed by atoms with Gasteiger partial charge in [-0.3, -0.25) is 4.57 Å². The second-order valence-corrected chi connectivity index (χ2v) is 39.7. The van der Waals surface area contributed by atoms with E-state index in [9.17, 15) is 0 Å². The number of fused-ring (bicyclic) bond motifs is 32. The lowest BCUT2D eigenvalue weighted by molar-refractivity contribution is 1.02. The average molecular weight is 1880 g/mol. The largest absolute Gasteiger partial charge is 0.309 e. The van der Waals surface area contributed by atoms with Crippen LogP contribution < -0.4 is 0 Å². The van der Waals surface area contributed by atoms with E-state index in [0.717, 1.165) is 106 Å². The number of hydrogen-bond donors (Lipinski definition) is 0. The lowest BCUT2D eigenvalue weighted by atomic mass is 9.99. The first-order chi connectivity index (χ1) is 71.0. The van der Waals surface area contributed by atoms with Crippen LogP contribution in [-0.4, -0.2) is 48.2 Å². The minimum absolute atomic E-state index is 0.684. The van der Waals surface area contributed by atoms with Gasteiger partial charge in [-0.15, -0.1) is 34.0 Å². The summed E-state index contributed by atoms with van der Waals surface area (Å²) in [5.41, 5.74) is 23.6. The molecule has 143 heavy (non-hydrogen) atoms. The van der Waals surface area contributed by atoms with E-state index in [-0.39, 0.29) is 0 Å². The van der Waals surface area contributed by atoms with Crippen molar-refractivity contribution in [3.05, 3.63) is 473 Å². The molecule has 0 spiro atoms. The molecule has 13 heteroatoms. The molecule has 10 aromatic heterocycles. The molecule has 0 aliphatic rings. The molecule has 0 bridgehead atoms. The standard InChI is InChI=1S/C52H32N4S.C40H23N3S.C38H23N3S/c1-4-14-33(15-5-1)50-47(32-53-52(54-50)34-16-6-2-7-17-34)56-45-28-25-36(31-42(45)49-46(56)29-26-40-39-21-11-13-23-48(39)57-51(40)49)35-24-27-44-41(30-35)38-20-10-12-22-43(38)55(44)37-18-8-3-9-19-37;1-2-12-25-23-26(22-21-24(25)11-1)37-29-15-5-8-18-32(29)41-40(42-37)43-33-19-9-6-16-30(33)36-38(43)28-14-4-3-13-27(28)35-31-17-7-10-20-34(31)44-39(35)36;1-3-13-24(14-4-1)35-31(23-39-38(40-35)25-15-5-2-6-16-25)41-30-21-11-9-19-28(30)34-36(41)27-18-8-7-17-26(27)33-29-20-10-12-22-32(29)42-37(33)34/h1-32H;1-23H;1-23H. The first-order valence-electron chi connectivity index (χ1n) is 48.2. The minimum Gasteiger partial charge on any atom is -0.309 e. The van der Waals surface area contributed by atoms with Crippen LogP contribution in [0.5, 0.6) is 0 Å². The van der Waals surface area contributed by atoms with E-state index >= 15 is 0 Å². The Labute approximate surface area is 830 Å². The summed E-state index contributed by atoms with van der Waals surface area (Å²) in [7, 11) is 0. The van der Waals surface area contributed by atoms with Crippen LogP contribution in [0.4, 0.5) is 0 Å². The SMILES string of the molecule is c1ccc(-c2ncc(-n3c4ccc(-c5ccc6c(c5)c5ccccc5n6-c5ccccc5)cc4c4c5sc6ccccc6c5ccc43)c(-c3ccccc3)n2)cc1.c1ccc(-c2ncc(-n3c4ccccc4c4c5sc6ccccc6c5c5ccccc5c43)c(-c3ccccc3)n2)cc1.c1ccc2cc(-c3nc(-n4c5ccccc5c5c6sc7ccccc7c6c6ccccc6c54)nc4ccccc34)ccc2c1. The van der Waals surface area contributed by atoms with Gasteiger partial charge >= 0.3 is 0 Å². The molecule has 0 amide bonds. The highest BCUT2D eigenvalue weighted by molar-refractivity contribution is 7.28. The lowest BCUT2D eigenvalue weighted by Gasteiger charge is -2.15. The van der Waals surface area contributed by atoms with E-state index in [4.69, 9.17) is 29.9 Å². The zero-order valence-electron chi connectivity index (χ0n) is 76.7. The summed E-state index contributed by atoms with van der Waals surface area (Å²) in [5, 5.41) is 26.2. The summed E-state index contributed by atoms with van der Waals surface area (Å²) in [6.07, 6.45) is 4.02. The van der Waals surface area contributed by atoms with Crippen molar-refractivity contribution in [2.24, 2.45) is 0 Å². The van der Waals surface area contributed by atoms with E-state index in [1.165, 1.54) is 164 Å². The Morgan fingerprint density at radius 1 is 0.189 bits per heavy atom. The van der Waals surface area contributed by atoms with Crippen molar-refractivity contribution in [3.8, 4) is 90.7 Å². The number of nitrogens with zero attached hydrogens (tertiary/aromatic N) is 10. The predicted octanol–water partition coefficient (Wildman–Crippen LogP) is 35.5. The highest BCUT2D eigenvalue weighted by atomic mass is 32.1. The third kappa shape index (κ3) is 13.1. The second kappa shape index (κ2) is 33.3. The van der Waals surface area contributed by atoms with Gasteiger partial charge in [0.2, 0.25) is 5.95 Å². The summed E-state index contributed by atoms with van der Waals surface area (Å²) in [6, 6.07) is 164. The van der Waals surface area contributed by atoms with Crippen LogP contribution >= 0.6 is 34.0 Å². The van der Waals surface area contributed by atoms with Gasteiger partial charge in [-0.2, -0.15) is 0 Å². The van der Waals surface area contributed by atoms with E-state index < -0.39 is 0 Å². The zero-order chi connectivity index (χ0) is 93.8. The molecule has 0 N–H and O–H groups in total. The Hall–Kier alpha value is -18.2. The summed E-state index contributed by atoms with van der Waals surface area (Å²) < 4.78 is 17.3.